The molecule has 0 amide bonds. The van der Waals surface area contributed by atoms with Gasteiger partial charge in [0.25, 0.3) is 0 Å². The van der Waals surface area contributed by atoms with Gasteiger partial charge in [0, 0.05) is 31.2 Å². The molecule has 0 bridgehead atoms. The average molecular weight is 250 g/mol. The Kier molecular flexibility index (Phi) is 3.95. The van der Waals surface area contributed by atoms with Crippen molar-refractivity contribution < 1.29 is 0 Å². The minimum absolute atomic E-state index is 0.494. The number of nitrogens with one attached hydrogen (secondary N) is 1. The van der Waals surface area contributed by atoms with Gasteiger partial charge in [0.1, 0.15) is 0 Å². The van der Waals surface area contributed by atoms with Crippen molar-refractivity contribution >= 4 is 0 Å². The average Bonchev–Trinajstić information content (AvgIpc) is 2.35. The quantitative estimate of drug-likeness (QED) is 0.827. The van der Waals surface area contributed by atoms with Crippen LogP contribution in [0.15, 0.2) is 0 Å². The second-order valence-electron chi connectivity index (χ2n) is 7.01. The monoisotopic (exact) mass is 250 g/mol. The molecule has 18 heavy (non-hydrogen) atoms. The fourth-order valence-corrected chi connectivity index (χ4v) is 4.22. The molecule has 0 aromatic rings. The van der Waals surface area contributed by atoms with Crippen molar-refractivity contribution in [2.75, 3.05) is 19.6 Å². The molecule has 1 saturated heterocycles. The summed E-state index contributed by atoms with van der Waals surface area (Å²) in [5.41, 5.74) is 0.494. The highest BCUT2D eigenvalue weighted by Crippen LogP contribution is 2.34. The van der Waals surface area contributed by atoms with Gasteiger partial charge in [-0.15, -0.1) is 0 Å². The van der Waals surface area contributed by atoms with Gasteiger partial charge in [-0.05, 0) is 38.0 Å². The Morgan fingerprint density at radius 3 is 2.50 bits per heavy atom. The molecular weight excluding hydrogens is 220 g/mol. The highest BCUT2D eigenvalue weighted by molar-refractivity contribution is 5.00. The van der Waals surface area contributed by atoms with Crippen molar-refractivity contribution in [3.05, 3.63) is 0 Å². The molecule has 2 nitrogen and oxygen atoms in total. The highest BCUT2D eigenvalue weighted by Gasteiger charge is 2.40. The molecule has 0 aromatic carbocycles. The molecule has 1 spiro atoms. The molecule has 2 saturated carbocycles. The summed E-state index contributed by atoms with van der Waals surface area (Å²) in [5, 5.41) is 3.93. The lowest BCUT2D eigenvalue weighted by Gasteiger charge is -2.51. The van der Waals surface area contributed by atoms with E-state index in [-0.39, 0.29) is 0 Å². The summed E-state index contributed by atoms with van der Waals surface area (Å²) >= 11 is 0. The maximum Gasteiger partial charge on any atom is 0.0309 e. The van der Waals surface area contributed by atoms with E-state index < -0.39 is 0 Å². The van der Waals surface area contributed by atoms with Gasteiger partial charge in [0.15, 0.2) is 0 Å². The number of piperazine rings is 1. The fourth-order valence-electron chi connectivity index (χ4n) is 4.22. The maximum absolute atomic E-state index is 3.93. The summed E-state index contributed by atoms with van der Waals surface area (Å²) in [6.07, 6.45) is 13.0. The third-order valence-electron chi connectivity index (χ3n) is 5.73. The van der Waals surface area contributed by atoms with Crippen LogP contribution in [-0.4, -0.2) is 36.1 Å². The van der Waals surface area contributed by atoms with E-state index in [1.165, 1.54) is 77.4 Å². The first kappa shape index (κ1) is 12.9. The Morgan fingerprint density at radius 2 is 1.89 bits per heavy atom. The van der Waals surface area contributed by atoms with Crippen LogP contribution < -0.4 is 5.32 Å². The largest absolute Gasteiger partial charge is 0.308 e. The van der Waals surface area contributed by atoms with Crippen LogP contribution in [0.4, 0.5) is 0 Å². The fraction of sp³-hybridized carbons (Fsp3) is 1.00. The summed E-state index contributed by atoms with van der Waals surface area (Å²) in [7, 11) is 0. The molecule has 104 valence electrons. The Bertz CT molecular complexity index is 266. The lowest BCUT2D eigenvalue weighted by atomic mass is 9.78. The molecule has 3 aliphatic rings. The van der Waals surface area contributed by atoms with Crippen LogP contribution in [0, 0.1) is 5.92 Å². The lowest BCUT2D eigenvalue weighted by molar-refractivity contribution is 0.0325. The van der Waals surface area contributed by atoms with E-state index in [0.29, 0.717) is 5.54 Å². The van der Waals surface area contributed by atoms with E-state index in [1.807, 2.05) is 0 Å². The smallest absolute Gasteiger partial charge is 0.0309 e. The van der Waals surface area contributed by atoms with Crippen molar-refractivity contribution in [2.24, 2.45) is 5.92 Å². The Morgan fingerprint density at radius 1 is 1.11 bits per heavy atom. The first-order chi connectivity index (χ1) is 8.81. The van der Waals surface area contributed by atoms with E-state index in [1.54, 1.807) is 0 Å². The lowest BCUT2D eigenvalue weighted by Crippen LogP contribution is -2.65. The summed E-state index contributed by atoms with van der Waals surface area (Å²) in [6.45, 7) is 6.33. The molecule has 3 rings (SSSR count). The number of rotatable bonds is 3. The zero-order valence-corrected chi connectivity index (χ0v) is 12.1. The van der Waals surface area contributed by atoms with Gasteiger partial charge in [0.2, 0.25) is 0 Å². The first-order valence-corrected chi connectivity index (χ1v) is 8.30. The summed E-state index contributed by atoms with van der Waals surface area (Å²) in [5.74, 6) is 1.03. The van der Waals surface area contributed by atoms with Crippen molar-refractivity contribution in [1.29, 1.82) is 0 Å². The highest BCUT2D eigenvalue weighted by atomic mass is 15.3. The van der Waals surface area contributed by atoms with Gasteiger partial charge in [0.05, 0.1) is 0 Å². The zero-order valence-electron chi connectivity index (χ0n) is 12.1. The van der Waals surface area contributed by atoms with Crippen LogP contribution >= 0.6 is 0 Å². The predicted molar refractivity (Wildman–Crippen MR) is 76.8 cm³/mol. The molecule has 0 radical (unpaired) electrons. The van der Waals surface area contributed by atoms with E-state index >= 15 is 0 Å². The molecule has 1 heterocycles. The zero-order chi connectivity index (χ0) is 12.4. The standard InChI is InChI=1S/C16H30N2/c1-2-15-11-17-16(9-4-3-5-10-16)13-18(15)12-14-7-6-8-14/h14-15,17H,2-13H2,1H3. The third-order valence-corrected chi connectivity index (χ3v) is 5.73. The van der Waals surface area contributed by atoms with Gasteiger partial charge in [-0.3, -0.25) is 4.90 Å². The molecule has 1 unspecified atom stereocenters. The molecule has 2 aliphatic carbocycles. The molecule has 2 heteroatoms. The number of hydrogen-bond acceptors (Lipinski definition) is 2. The van der Waals surface area contributed by atoms with E-state index in [0.717, 1.165) is 12.0 Å². The molecule has 1 N–H and O–H groups in total. The van der Waals surface area contributed by atoms with Gasteiger partial charge >= 0.3 is 0 Å². The van der Waals surface area contributed by atoms with Crippen molar-refractivity contribution in [2.45, 2.75) is 76.3 Å². The maximum atomic E-state index is 3.93. The summed E-state index contributed by atoms with van der Waals surface area (Å²) < 4.78 is 0. The minimum atomic E-state index is 0.494. The molecular formula is C16H30N2. The second-order valence-corrected chi connectivity index (χ2v) is 7.01. The van der Waals surface area contributed by atoms with Gasteiger partial charge < -0.3 is 5.32 Å². The number of hydrogen-bond donors (Lipinski definition) is 1. The van der Waals surface area contributed by atoms with E-state index in [4.69, 9.17) is 0 Å². The second kappa shape index (κ2) is 5.50. The first-order valence-electron chi connectivity index (χ1n) is 8.30. The van der Waals surface area contributed by atoms with Crippen LogP contribution in [0.5, 0.6) is 0 Å². The number of nitrogens with zero attached hydrogens (tertiary/aromatic N) is 1. The van der Waals surface area contributed by atoms with Crippen LogP contribution in [0.1, 0.15) is 64.7 Å². The van der Waals surface area contributed by atoms with Crippen LogP contribution in [0.3, 0.4) is 0 Å². The Balaban J connectivity index is 1.63. The minimum Gasteiger partial charge on any atom is -0.308 e. The van der Waals surface area contributed by atoms with Crippen LogP contribution in [0.2, 0.25) is 0 Å². The van der Waals surface area contributed by atoms with Gasteiger partial charge in [-0.25, -0.2) is 0 Å². The van der Waals surface area contributed by atoms with Gasteiger partial charge in [-0.1, -0.05) is 32.6 Å². The summed E-state index contributed by atoms with van der Waals surface area (Å²) in [6, 6.07) is 0.804. The molecule has 1 aliphatic heterocycles. The van der Waals surface area contributed by atoms with Crippen LogP contribution in [-0.2, 0) is 0 Å². The summed E-state index contributed by atoms with van der Waals surface area (Å²) in [4.78, 5) is 2.85. The van der Waals surface area contributed by atoms with Crippen molar-refractivity contribution in [3.8, 4) is 0 Å². The van der Waals surface area contributed by atoms with Crippen LogP contribution in [0.25, 0.3) is 0 Å². The SMILES string of the molecule is CCC1CNC2(CCCCC2)CN1CC1CCC1. The Hall–Kier alpha value is -0.0800. The topological polar surface area (TPSA) is 15.3 Å². The van der Waals surface area contributed by atoms with Gasteiger partial charge in [-0.2, -0.15) is 0 Å². The molecule has 1 atom stereocenters. The third kappa shape index (κ3) is 2.60. The molecule has 0 aromatic heterocycles. The normalized spacial score (nSPS) is 33.5. The molecule has 3 fully saturated rings. The predicted octanol–water partition coefficient (Wildman–Crippen LogP) is 3.17. The van der Waals surface area contributed by atoms with Crippen molar-refractivity contribution in [3.63, 3.8) is 0 Å². The Labute approximate surface area is 113 Å². The van der Waals surface area contributed by atoms with Crippen molar-refractivity contribution in [1.82, 2.24) is 10.2 Å². The van der Waals surface area contributed by atoms with E-state index in [2.05, 4.69) is 17.1 Å². The van der Waals surface area contributed by atoms with E-state index in [9.17, 15) is 0 Å².